The molecule has 0 amide bonds. The molecule has 0 fully saturated rings. The van der Waals surface area contributed by atoms with Crippen molar-refractivity contribution in [3.63, 3.8) is 0 Å². The van der Waals surface area contributed by atoms with Crippen LogP contribution in [0.15, 0.2) is 53.4 Å². The Labute approximate surface area is 140 Å². The average molecular weight is 329 g/mol. The Bertz CT molecular complexity index is 635. The summed E-state index contributed by atoms with van der Waals surface area (Å²) in [6.45, 7) is 0.237. The Morgan fingerprint density at radius 1 is 1.09 bits per heavy atom. The molecular formula is C18H19NO3S. The van der Waals surface area contributed by atoms with Crippen LogP contribution in [-0.4, -0.2) is 30.7 Å². The normalized spacial score (nSPS) is 11.5. The number of methoxy groups -OCH3 is 1. The number of hydrogen-bond acceptors (Lipinski definition) is 5. The summed E-state index contributed by atoms with van der Waals surface area (Å²) in [5.41, 5.74) is 0.954. The molecule has 0 saturated heterocycles. The number of thioether (sulfide) groups is 1. The van der Waals surface area contributed by atoms with Crippen LogP contribution >= 0.6 is 11.8 Å². The molecule has 0 spiro atoms. The number of nitrogens with zero attached hydrogens (tertiary/aromatic N) is 1. The minimum atomic E-state index is -0.555. The minimum Gasteiger partial charge on any atom is -0.497 e. The summed E-state index contributed by atoms with van der Waals surface area (Å²) < 4.78 is 10.7. The second kappa shape index (κ2) is 9.09. The maximum Gasteiger partial charge on any atom is 0.119 e. The summed E-state index contributed by atoms with van der Waals surface area (Å²) in [5, 5.41) is 18.6. The van der Waals surface area contributed by atoms with Gasteiger partial charge in [-0.25, -0.2) is 0 Å². The van der Waals surface area contributed by atoms with Gasteiger partial charge in [-0.1, -0.05) is 12.1 Å². The van der Waals surface area contributed by atoms with Crippen molar-refractivity contribution < 1.29 is 14.6 Å². The summed E-state index contributed by atoms with van der Waals surface area (Å²) in [7, 11) is 1.64. The van der Waals surface area contributed by atoms with Crippen LogP contribution in [-0.2, 0) is 6.42 Å². The summed E-state index contributed by atoms with van der Waals surface area (Å²) in [6.07, 6.45) is -0.164. The molecule has 0 radical (unpaired) electrons. The molecule has 5 heteroatoms. The standard InChI is InChI=1S/C18H19NO3S/c1-21-16-6-8-18(9-7-16)23-13-15(20)12-22-17-4-2-14(3-5-17)10-11-19/h2-9,15,20H,10,12-13H2,1H3/t15-/m1/s1. The molecule has 0 bridgehead atoms. The van der Waals surface area contributed by atoms with Crippen LogP contribution in [0.2, 0.25) is 0 Å². The summed E-state index contributed by atoms with van der Waals surface area (Å²) in [4.78, 5) is 1.07. The molecule has 1 N–H and O–H groups in total. The highest BCUT2D eigenvalue weighted by atomic mass is 32.2. The zero-order valence-electron chi connectivity index (χ0n) is 12.9. The van der Waals surface area contributed by atoms with Crippen molar-refractivity contribution in [1.29, 1.82) is 5.26 Å². The molecule has 0 heterocycles. The molecule has 2 aromatic rings. The molecular weight excluding hydrogens is 310 g/mol. The number of rotatable bonds is 8. The van der Waals surface area contributed by atoms with Crippen molar-refractivity contribution in [2.45, 2.75) is 17.4 Å². The molecule has 120 valence electrons. The number of benzene rings is 2. The zero-order valence-corrected chi connectivity index (χ0v) is 13.8. The molecule has 0 aromatic heterocycles. The summed E-state index contributed by atoms with van der Waals surface area (Å²) >= 11 is 1.57. The number of ether oxygens (including phenoxy) is 2. The minimum absolute atomic E-state index is 0.237. The fourth-order valence-corrected chi connectivity index (χ4v) is 2.71. The quantitative estimate of drug-likeness (QED) is 0.753. The fourth-order valence-electron chi connectivity index (χ4n) is 1.90. The van der Waals surface area contributed by atoms with Gasteiger partial charge in [0.25, 0.3) is 0 Å². The van der Waals surface area contributed by atoms with Gasteiger partial charge < -0.3 is 14.6 Å². The van der Waals surface area contributed by atoms with Gasteiger partial charge in [0.05, 0.1) is 25.7 Å². The van der Waals surface area contributed by atoms with Crippen molar-refractivity contribution >= 4 is 11.8 Å². The predicted molar refractivity (Wildman–Crippen MR) is 91.0 cm³/mol. The summed E-state index contributed by atoms with van der Waals surface area (Å²) in [6, 6.07) is 17.2. The maximum absolute atomic E-state index is 10.00. The van der Waals surface area contributed by atoms with Crippen molar-refractivity contribution in [3.05, 3.63) is 54.1 Å². The Balaban J connectivity index is 1.73. The Hall–Kier alpha value is -2.16. The van der Waals surface area contributed by atoms with Crippen LogP contribution in [0.4, 0.5) is 0 Å². The van der Waals surface area contributed by atoms with E-state index < -0.39 is 6.10 Å². The number of aliphatic hydroxyl groups is 1. The third kappa shape index (κ3) is 5.85. The first-order valence-corrected chi connectivity index (χ1v) is 8.23. The lowest BCUT2D eigenvalue weighted by atomic mass is 10.2. The second-order valence-corrected chi connectivity index (χ2v) is 6.02. The molecule has 0 aliphatic heterocycles. The van der Waals surface area contributed by atoms with Crippen LogP contribution in [0.5, 0.6) is 11.5 Å². The van der Waals surface area contributed by atoms with E-state index in [9.17, 15) is 5.11 Å². The third-order valence-electron chi connectivity index (χ3n) is 3.15. The van der Waals surface area contributed by atoms with E-state index in [0.717, 1.165) is 16.2 Å². The molecule has 2 aromatic carbocycles. The van der Waals surface area contributed by atoms with E-state index in [2.05, 4.69) is 6.07 Å². The van der Waals surface area contributed by atoms with Gasteiger partial charge in [0.15, 0.2) is 0 Å². The zero-order chi connectivity index (χ0) is 16.5. The highest BCUT2D eigenvalue weighted by Gasteiger charge is 2.07. The molecule has 1 atom stereocenters. The van der Waals surface area contributed by atoms with Crippen LogP contribution in [0, 0.1) is 11.3 Å². The molecule has 0 aliphatic carbocycles. The van der Waals surface area contributed by atoms with Gasteiger partial charge in [-0.3, -0.25) is 0 Å². The lowest BCUT2D eigenvalue weighted by molar-refractivity contribution is 0.126. The smallest absolute Gasteiger partial charge is 0.119 e. The largest absolute Gasteiger partial charge is 0.497 e. The number of nitriles is 1. The highest BCUT2D eigenvalue weighted by Crippen LogP contribution is 2.22. The van der Waals surface area contributed by atoms with Crippen LogP contribution in [0.3, 0.4) is 0 Å². The maximum atomic E-state index is 10.00. The molecule has 2 rings (SSSR count). The van der Waals surface area contributed by atoms with Gasteiger partial charge in [0.1, 0.15) is 18.1 Å². The van der Waals surface area contributed by atoms with Gasteiger partial charge in [0.2, 0.25) is 0 Å². The fraction of sp³-hybridized carbons (Fsp3) is 0.278. The van der Waals surface area contributed by atoms with E-state index >= 15 is 0 Å². The van der Waals surface area contributed by atoms with Crippen molar-refractivity contribution in [2.75, 3.05) is 19.5 Å². The highest BCUT2D eigenvalue weighted by molar-refractivity contribution is 7.99. The first-order chi connectivity index (χ1) is 11.2. The predicted octanol–water partition coefficient (Wildman–Crippen LogP) is 3.29. The topological polar surface area (TPSA) is 62.5 Å². The van der Waals surface area contributed by atoms with Crippen LogP contribution in [0.1, 0.15) is 5.56 Å². The van der Waals surface area contributed by atoms with Crippen molar-refractivity contribution in [3.8, 4) is 17.6 Å². The van der Waals surface area contributed by atoms with Gasteiger partial charge in [-0.05, 0) is 42.0 Å². The van der Waals surface area contributed by atoms with E-state index in [0.29, 0.717) is 17.9 Å². The van der Waals surface area contributed by atoms with E-state index in [1.807, 2.05) is 48.5 Å². The van der Waals surface area contributed by atoms with Crippen LogP contribution in [0.25, 0.3) is 0 Å². The second-order valence-electron chi connectivity index (χ2n) is 4.93. The van der Waals surface area contributed by atoms with Gasteiger partial charge in [0, 0.05) is 10.6 Å². The van der Waals surface area contributed by atoms with E-state index in [-0.39, 0.29) is 6.61 Å². The first-order valence-electron chi connectivity index (χ1n) is 7.25. The molecule has 0 unspecified atom stereocenters. The molecule has 4 nitrogen and oxygen atoms in total. The molecule has 23 heavy (non-hydrogen) atoms. The Morgan fingerprint density at radius 2 is 1.74 bits per heavy atom. The SMILES string of the molecule is COc1ccc(SC[C@H](O)COc2ccc(CC#N)cc2)cc1. The van der Waals surface area contributed by atoms with Crippen molar-refractivity contribution in [1.82, 2.24) is 0 Å². The Kier molecular flexibility index (Phi) is 6.79. The van der Waals surface area contributed by atoms with Gasteiger partial charge in [-0.2, -0.15) is 5.26 Å². The van der Waals surface area contributed by atoms with Gasteiger partial charge >= 0.3 is 0 Å². The Morgan fingerprint density at radius 3 is 2.35 bits per heavy atom. The monoisotopic (exact) mass is 329 g/mol. The lowest BCUT2D eigenvalue weighted by Crippen LogP contribution is -2.20. The third-order valence-corrected chi connectivity index (χ3v) is 4.31. The summed E-state index contributed by atoms with van der Waals surface area (Å²) in [5.74, 6) is 2.07. The average Bonchev–Trinajstić information content (AvgIpc) is 2.60. The molecule has 0 saturated carbocycles. The number of hydrogen-bond donors (Lipinski definition) is 1. The van der Waals surface area contributed by atoms with E-state index in [1.54, 1.807) is 18.9 Å². The van der Waals surface area contributed by atoms with Gasteiger partial charge in [-0.15, -0.1) is 11.8 Å². The van der Waals surface area contributed by atoms with Crippen LogP contribution < -0.4 is 9.47 Å². The lowest BCUT2D eigenvalue weighted by Gasteiger charge is -2.12. The van der Waals surface area contributed by atoms with E-state index in [4.69, 9.17) is 14.7 Å². The van der Waals surface area contributed by atoms with Crippen molar-refractivity contribution in [2.24, 2.45) is 0 Å². The molecule has 0 aliphatic rings. The van der Waals surface area contributed by atoms with E-state index in [1.165, 1.54) is 0 Å². The number of aliphatic hydroxyl groups excluding tert-OH is 1. The first kappa shape index (κ1) is 17.2.